The van der Waals surface area contributed by atoms with Crippen LogP contribution in [0.2, 0.25) is 0 Å². The average molecular weight is 325 g/mol. The lowest BCUT2D eigenvalue weighted by Crippen LogP contribution is -2.20. The van der Waals surface area contributed by atoms with Crippen LogP contribution in [0.15, 0.2) is 40.5 Å². The highest BCUT2D eigenvalue weighted by Crippen LogP contribution is 2.29. The number of nitro groups is 1. The molecule has 6 nitrogen and oxygen atoms in total. The van der Waals surface area contributed by atoms with E-state index in [-0.39, 0.29) is 11.2 Å². The highest BCUT2D eigenvalue weighted by molar-refractivity contribution is 7.10. The van der Waals surface area contributed by atoms with E-state index >= 15 is 0 Å². The summed E-state index contributed by atoms with van der Waals surface area (Å²) in [5, 5.41) is 13.2. The molecule has 23 heavy (non-hydrogen) atoms. The molecular formula is C16H11N3O3S. The molecule has 0 unspecified atom stereocenters. The Labute approximate surface area is 134 Å². The third-order valence-corrected chi connectivity index (χ3v) is 4.72. The average Bonchev–Trinajstić information content (AvgIpc) is 3.18. The summed E-state index contributed by atoms with van der Waals surface area (Å²) in [5.41, 5.74) is 1.20. The van der Waals surface area contributed by atoms with Crippen molar-refractivity contribution >= 4 is 39.6 Å². The molecule has 1 aromatic carbocycles. The predicted octanol–water partition coefficient (Wildman–Crippen LogP) is 3.31. The molecule has 0 N–H and O–H groups in total. The third-order valence-electron chi connectivity index (χ3n) is 3.90. The van der Waals surface area contributed by atoms with Gasteiger partial charge in [-0.05, 0) is 35.6 Å². The maximum absolute atomic E-state index is 12.6. The Morgan fingerprint density at radius 2 is 2.22 bits per heavy atom. The van der Waals surface area contributed by atoms with Crippen LogP contribution in [0.1, 0.15) is 17.1 Å². The van der Waals surface area contributed by atoms with Crippen LogP contribution in [0.25, 0.3) is 22.6 Å². The van der Waals surface area contributed by atoms with Gasteiger partial charge in [0.1, 0.15) is 5.82 Å². The van der Waals surface area contributed by atoms with Crippen LogP contribution in [0.5, 0.6) is 0 Å². The van der Waals surface area contributed by atoms with E-state index in [4.69, 9.17) is 0 Å². The Balaban J connectivity index is 1.92. The second-order valence-corrected chi connectivity index (χ2v) is 6.27. The molecule has 0 amide bonds. The highest BCUT2D eigenvalue weighted by atomic mass is 32.1. The number of benzene rings is 1. The van der Waals surface area contributed by atoms with E-state index in [0.717, 1.165) is 16.9 Å². The number of rotatable bonds is 2. The lowest BCUT2D eigenvalue weighted by Gasteiger charge is -2.05. The molecule has 0 saturated heterocycles. The summed E-state index contributed by atoms with van der Waals surface area (Å²) in [7, 11) is 0. The summed E-state index contributed by atoms with van der Waals surface area (Å²) in [6.07, 6.45) is 2.78. The van der Waals surface area contributed by atoms with Gasteiger partial charge in [-0.2, -0.15) is 0 Å². The van der Waals surface area contributed by atoms with Gasteiger partial charge in [-0.15, -0.1) is 11.3 Å². The van der Waals surface area contributed by atoms with Crippen LogP contribution in [0, 0.1) is 10.1 Å². The van der Waals surface area contributed by atoms with Crippen LogP contribution in [0.4, 0.5) is 5.69 Å². The molecule has 0 saturated carbocycles. The van der Waals surface area contributed by atoms with Gasteiger partial charge in [-0.25, -0.2) is 4.98 Å². The van der Waals surface area contributed by atoms with Gasteiger partial charge in [0, 0.05) is 23.6 Å². The monoisotopic (exact) mass is 325 g/mol. The molecule has 0 radical (unpaired) electrons. The maximum Gasteiger partial charge on any atom is 0.270 e. The quantitative estimate of drug-likeness (QED) is 0.535. The number of nitro benzene ring substituents is 1. The van der Waals surface area contributed by atoms with Crippen LogP contribution < -0.4 is 5.56 Å². The molecule has 1 aliphatic rings. The molecule has 2 aromatic heterocycles. The lowest BCUT2D eigenvalue weighted by molar-refractivity contribution is -0.384. The van der Waals surface area contributed by atoms with Crippen molar-refractivity contribution in [1.82, 2.24) is 9.55 Å². The SMILES string of the molecule is O=c1c2cc([N+](=O)[O-])ccc2nc2n1CC/C2=C/c1cccs1. The molecule has 3 aromatic rings. The third kappa shape index (κ3) is 2.25. The van der Waals surface area contributed by atoms with Crippen molar-refractivity contribution in [2.24, 2.45) is 0 Å². The van der Waals surface area contributed by atoms with Gasteiger partial charge in [-0.1, -0.05) is 6.07 Å². The minimum atomic E-state index is -0.501. The van der Waals surface area contributed by atoms with Crippen LogP contribution in [-0.4, -0.2) is 14.5 Å². The molecule has 3 heterocycles. The summed E-state index contributed by atoms with van der Waals surface area (Å²) in [5.74, 6) is 0.657. The van der Waals surface area contributed by atoms with E-state index in [2.05, 4.69) is 4.98 Å². The summed E-state index contributed by atoms with van der Waals surface area (Å²) < 4.78 is 1.60. The smallest absolute Gasteiger partial charge is 0.270 e. The normalized spacial score (nSPS) is 15.2. The topological polar surface area (TPSA) is 78.0 Å². The van der Waals surface area contributed by atoms with Gasteiger partial charge in [0.2, 0.25) is 0 Å². The predicted molar refractivity (Wildman–Crippen MR) is 89.5 cm³/mol. The maximum atomic E-state index is 12.6. The van der Waals surface area contributed by atoms with Crippen molar-refractivity contribution in [3.63, 3.8) is 0 Å². The second-order valence-electron chi connectivity index (χ2n) is 5.29. The minimum Gasteiger partial charge on any atom is -0.292 e. The molecule has 0 spiro atoms. The first kappa shape index (κ1) is 13.8. The molecule has 0 fully saturated rings. The van der Waals surface area contributed by atoms with E-state index in [1.54, 1.807) is 15.9 Å². The highest BCUT2D eigenvalue weighted by Gasteiger charge is 2.22. The molecule has 7 heteroatoms. The van der Waals surface area contributed by atoms with Crippen molar-refractivity contribution in [1.29, 1.82) is 0 Å². The lowest BCUT2D eigenvalue weighted by atomic mass is 10.2. The van der Waals surface area contributed by atoms with Crippen LogP contribution in [0.3, 0.4) is 0 Å². The Bertz CT molecular complexity index is 1020. The number of non-ortho nitro benzene ring substituents is 1. The zero-order chi connectivity index (χ0) is 16.0. The zero-order valence-electron chi connectivity index (χ0n) is 11.9. The largest absolute Gasteiger partial charge is 0.292 e. The molecule has 0 bridgehead atoms. The Kier molecular flexibility index (Phi) is 3.09. The number of hydrogen-bond acceptors (Lipinski definition) is 5. The van der Waals surface area contributed by atoms with Crippen molar-refractivity contribution in [2.45, 2.75) is 13.0 Å². The van der Waals surface area contributed by atoms with Crippen LogP contribution in [-0.2, 0) is 6.54 Å². The van der Waals surface area contributed by atoms with E-state index in [0.29, 0.717) is 23.3 Å². The Hall–Kier alpha value is -2.80. The van der Waals surface area contributed by atoms with Gasteiger partial charge < -0.3 is 0 Å². The fourth-order valence-corrected chi connectivity index (χ4v) is 3.48. The fraction of sp³-hybridized carbons (Fsp3) is 0.125. The number of nitrogens with zero attached hydrogens (tertiary/aromatic N) is 3. The summed E-state index contributed by atoms with van der Waals surface area (Å²) >= 11 is 1.63. The number of thiophene rings is 1. The van der Waals surface area contributed by atoms with Gasteiger partial charge in [0.15, 0.2) is 0 Å². The van der Waals surface area contributed by atoms with Crippen molar-refractivity contribution in [3.05, 3.63) is 66.9 Å². The van der Waals surface area contributed by atoms with Crippen molar-refractivity contribution in [2.75, 3.05) is 0 Å². The molecule has 4 rings (SSSR count). The van der Waals surface area contributed by atoms with Crippen molar-refractivity contribution in [3.8, 4) is 0 Å². The molecule has 0 atom stereocenters. The van der Waals surface area contributed by atoms with E-state index < -0.39 is 4.92 Å². The number of fused-ring (bicyclic) bond motifs is 2. The summed E-state index contributed by atoms with van der Waals surface area (Å²) in [4.78, 5) is 28.7. The first-order valence-corrected chi connectivity index (χ1v) is 7.95. The number of aromatic nitrogens is 2. The molecule has 114 valence electrons. The first-order valence-electron chi connectivity index (χ1n) is 7.07. The van der Waals surface area contributed by atoms with Crippen LogP contribution >= 0.6 is 11.3 Å². The van der Waals surface area contributed by atoms with Gasteiger partial charge in [0.25, 0.3) is 11.2 Å². The van der Waals surface area contributed by atoms with E-state index in [1.807, 2.05) is 23.6 Å². The van der Waals surface area contributed by atoms with Gasteiger partial charge >= 0.3 is 0 Å². The molecule has 0 aliphatic carbocycles. The number of allylic oxidation sites excluding steroid dienone is 1. The standard InChI is InChI=1S/C16H11N3O3S/c20-16-13-9-11(19(21)22)3-4-14(13)17-15-10(5-6-18(15)16)8-12-2-1-7-23-12/h1-4,7-9H,5-6H2/b10-8-. The Morgan fingerprint density at radius 1 is 1.35 bits per heavy atom. The zero-order valence-corrected chi connectivity index (χ0v) is 12.7. The summed E-state index contributed by atoms with van der Waals surface area (Å²) in [6, 6.07) is 8.22. The fourth-order valence-electron chi connectivity index (χ4n) is 2.80. The second kappa shape index (κ2) is 5.13. The molecule has 1 aliphatic heterocycles. The van der Waals surface area contributed by atoms with Crippen molar-refractivity contribution < 1.29 is 4.92 Å². The van der Waals surface area contributed by atoms with Gasteiger partial charge in [-0.3, -0.25) is 19.5 Å². The minimum absolute atomic E-state index is 0.0932. The number of hydrogen-bond donors (Lipinski definition) is 0. The van der Waals surface area contributed by atoms with E-state index in [9.17, 15) is 14.9 Å². The van der Waals surface area contributed by atoms with Gasteiger partial charge in [0.05, 0.1) is 15.8 Å². The molecular weight excluding hydrogens is 314 g/mol. The van der Waals surface area contributed by atoms with E-state index in [1.165, 1.54) is 18.2 Å². The first-order chi connectivity index (χ1) is 11.1. The summed E-state index contributed by atoms with van der Waals surface area (Å²) in [6.45, 7) is 0.553. The Morgan fingerprint density at radius 3 is 2.96 bits per heavy atom.